The average Bonchev–Trinajstić information content (AvgIpc) is 2.83. The summed E-state index contributed by atoms with van der Waals surface area (Å²) in [7, 11) is 0. The van der Waals surface area contributed by atoms with E-state index in [0.29, 0.717) is 19.0 Å². The van der Waals surface area contributed by atoms with Crippen LogP contribution in [0.4, 0.5) is 13.2 Å². The number of alkyl halides is 3. The van der Waals surface area contributed by atoms with Crippen LogP contribution < -0.4 is 5.43 Å². The number of para-hydroxylation sites is 1. The van der Waals surface area contributed by atoms with Gasteiger partial charge in [-0.3, -0.25) is 14.5 Å². The molecule has 1 amide bonds. The van der Waals surface area contributed by atoms with Gasteiger partial charge in [-0.2, -0.15) is 18.3 Å². The van der Waals surface area contributed by atoms with Crippen LogP contribution in [0.1, 0.15) is 41.0 Å². The molecular formula is C24H29F3N4O3. The van der Waals surface area contributed by atoms with Crippen LogP contribution in [0.25, 0.3) is 5.69 Å². The molecule has 1 aromatic heterocycles. The summed E-state index contributed by atoms with van der Waals surface area (Å²) in [6.07, 6.45) is -1.90. The third-order valence-electron chi connectivity index (χ3n) is 6.61. The van der Waals surface area contributed by atoms with Gasteiger partial charge in [0.05, 0.1) is 24.5 Å². The summed E-state index contributed by atoms with van der Waals surface area (Å²) in [4.78, 5) is 29.7. The summed E-state index contributed by atoms with van der Waals surface area (Å²) in [5.74, 6) is -0.0388. The summed E-state index contributed by atoms with van der Waals surface area (Å²) < 4.78 is 47.0. The third-order valence-corrected chi connectivity index (χ3v) is 6.61. The number of amides is 1. The number of rotatable bonds is 5. The molecule has 0 spiro atoms. The van der Waals surface area contributed by atoms with E-state index in [9.17, 15) is 22.8 Å². The Kier molecular flexibility index (Phi) is 7.37. The molecule has 0 radical (unpaired) electrons. The number of nitrogens with zero attached hydrogens (tertiary/aromatic N) is 4. The van der Waals surface area contributed by atoms with E-state index >= 15 is 0 Å². The van der Waals surface area contributed by atoms with Crippen molar-refractivity contribution in [3.05, 3.63) is 57.5 Å². The molecule has 2 aliphatic rings. The van der Waals surface area contributed by atoms with Crippen LogP contribution in [-0.2, 0) is 10.9 Å². The van der Waals surface area contributed by atoms with Crippen molar-refractivity contribution in [3.63, 3.8) is 0 Å². The van der Waals surface area contributed by atoms with E-state index in [1.807, 2.05) is 0 Å². The Morgan fingerprint density at radius 2 is 1.79 bits per heavy atom. The number of ether oxygens (including phenoxy) is 1. The second-order valence-corrected chi connectivity index (χ2v) is 8.90. The van der Waals surface area contributed by atoms with E-state index in [-0.39, 0.29) is 17.1 Å². The van der Waals surface area contributed by atoms with Gasteiger partial charge in [0.2, 0.25) is 5.43 Å². The minimum Gasteiger partial charge on any atom is -0.379 e. The van der Waals surface area contributed by atoms with Gasteiger partial charge >= 0.3 is 6.18 Å². The highest BCUT2D eigenvalue weighted by atomic mass is 19.4. The Morgan fingerprint density at radius 1 is 1.12 bits per heavy atom. The topological polar surface area (TPSA) is 67.7 Å². The lowest BCUT2D eigenvalue weighted by atomic mass is 9.93. The number of hydrogen-bond donors (Lipinski definition) is 0. The molecule has 7 nitrogen and oxygen atoms in total. The predicted molar refractivity (Wildman–Crippen MR) is 120 cm³/mol. The normalized spacial score (nSPS) is 18.3. The van der Waals surface area contributed by atoms with E-state index < -0.39 is 23.1 Å². The SMILES string of the molecule is Cc1cc(=O)c(C(=O)N2CCC(CCN3CCOCC3)CC2)nn1-c1ccccc1C(F)(F)F. The van der Waals surface area contributed by atoms with Gasteiger partial charge in [-0.05, 0) is 50.8 Å². The highest BCUT2D eigenvalue weighted by molar-refractivity contribution is 5.92. The van der Waals surface area contributed by atoms with Crippen LogP contribution in [0, 0.1) is 12.8 Å². The summed E-state index contributed by atoms with van der Waals surface area (Å²) in [6.45, 7) is 6.92. The maximum atomic E-state index is 13.5. The highest BCUT2D eigenvalue weighted by Crippen LogP contribution is 2.33. The van der Waals surface area contributed by atoms with Crippen molar-refractivity contribution in [2.75, 3.05) is 45.9 Å². The first-order chi connectivity index (χ1) is 16.2. The summed E-state index contributed by atoms with van der Waals surface area (Å²) >= 11 is 0. The molecule has 0 bridgehead atoms. The van der Waals surface area contributed by atoms with E-state index in [2.05, 4.69) is 10.00 Å². The van der Waals surface area contributed by atoms with Crippen LogP contribution in [0.15, 0.2) is 35.1 Å². The highest BCUT2D eigenvalue weighted by Gasteiger charge is 2.34. The molecule has 0 aliphatic carbocycles. The molecule has 0 saturated carbocycles. The molecule has 10 heteroatoms. The molecule has 0 N–H and O–H groups in total. The minimum absolute atomic E-state index is 0.219. The molecule has 1 aromatic carbocycles. The number of aromatic nitrogens is 2. The molecule has 2 aliphatic heterocycles. The number of carbonyl (C=O) groups is 1. The number of benzene rings is 1. The molecule has 2 saturated heterocycles. The molecule has 2 aromatic rings. The molecule has 2 fully saturated rings. The van der Waals surface area contributed by atoms with Crippen LogP contribution in [0.3, 0.4) is 0 Å². The maximum Gasteiger partial charge on any atom is 0.418 e. The molecule has 4 rings (SSSR count). The van der Waals surface area contributed by atoms with Gasteiger partial charge in [-0.15, -0.1) is 0 Å². The second-order valence-electron chi connectivity index (χ2n) is 8.90. The molecule has 3 heterocycles. The molecule has 0 unspecified atom stereocenters. The zero-order valence-electron chi connectivity index (χ0n) is 19.2. The third kappa shape index (κ3) is 5.50. The van der Waals surface area contributed by atoms with Crippen LogP contribution >= 0.6 is 0 Å². The quantitative estimate of drug-likeness (QED) is 0.661. The van der Waals surface area contributed by atoms with Crippen LogP contribution in [-0.4, -0.2) is 71.4 Å². The number of carbonyl (C=O) groups excluding carboxylic acids is 1. The van der Waals surface area contributed by atoms with Crippen LogP contribution in [0.2, 0.25) is 0 Å². The van der Waals surface area contributed by atoms with E-state index in [1.165, 1.54) is 31.2 Å². The Bertz CT molecular complexity index is 1070. The Labute approximate surface area is 196 Å². The van der Waals surface area contributed by atoms with Crippen molar-refractivity contribution < 1.29 is 22.7 Å². The predicted octanol–water partition coefficient (Wildman–Crippen LogP) is 3.13. The van der Waals surface area contributed by atoms with Crippen molar-refractivity contribution in [2.24, 2.45) is 5.92 Å². The molecule has 184 valence electrons. The Morgan fingerprint density at radius 3 is 2.47 bits per heavy atom. The smallest absolute Gasteiger partial charge is 0.379 e. The maximum absolute atomic E-state index is 13.5. The summed E-state index contributed by atoms with van der Waals surface area (Å²) in [5.41, 5.74) is -1.82. The lowest BCUT2D eigenvalue weighted by molar-refractivity contribution is -0.137. The number of hydrogen-bond acceptors (Lipinski definition) is 5. The van der Waals surface area contributed by atoms with Crippen molar-refractivity contribution in [1.82, 2.24) is 19.6 Å². The Hall–Kier alpha value is -2.72. The first kappa shape index (κ1) is 24.4. The van der Waals surface area contributed by atoms with Crippen molar-refractivity contribution >= 4 is 5.91 Å². The fraction of sp³-hybridized carbons (Fsp3) is 0.542. The zero-order valence-corrected chi connectivity index (χ0v) is 19.2. The lowest BCUT2D eigenvalue weighted by Gasteiger charge is -2.33. The van der Waals surface area contributed by atoms with Gasteiger partial charge in [0.1, 0.15) is 0 Å². The van der Waals surface area contributed by atoms with Crippen molar-refractivity contribution in [2.45, 2.75) is 32.4 Å². The summed E-state index contributed by atoms with van der Waals surface area (Å²) in [5, 5.41) is 4.10. The monoisotopic (exact) mass is 478 g/mol. The van der Waals surface area contributed by atoms with Gasteiger partial charge in [0.25, 0.3) is 5.91 Å². The van der Waals surface area contributed by atoms with Gasteiger partial charge in [-0.25, -0.2) is 4.68 Å². The Balaban J connectivity index is 1.47. The van der Waals surface area contributed by atoms with Crippen molar-refractivity contribution in [3.8, 4) is 5.69 Å². The largest absolute Gasteiger partial charge is 0.418 e. The lowest BCUT2D eigenvalue weighted by Crippen LogP contribution is -2.42. The second kappa shape index (κ2) is 10.3. The number of aryl methyl sites for hydroxylation is 1. The van der Waals surface area contributed by atoms with E-state index in [4.69, 9.17) is 4.74 Å². The number of likely N-dealkylation sites (tertiary alicyclic amines) is 1. The fourth-order valence-electron chi connectivity index (χ4n) is 4.60. The fourth-order valence-corrected chi connectivity index (χ4v) is 4.60. The molecular weight excluding hydrogens is 449 g/mol. The van der Waals surface area contributed by atoms with Gasteiger partial charge in [0.15, 0.2) is 5.69 Å². The zero-order chi connectivity index (χ0) is 24.3. The van der Waals surface area contributed by atoms with Crippen molar-refractivity contribution in [1.29, 1.82) is 0 Å². The van der Waals surface area contributed by atoms with Gasteiger partial charge in [-0.1, -0.05) is 12.1 Å². The van der Waals surface area contributed by atoms with E-state index in [0.717, 1.165) is 62.9 Å². The van der Waals surface area contributed by atoms with Gasteiger partial charge < -0.3 is 9.64 Å². The minimum atomic E-state index is -4.60. The average molecular weight is 479 g/mol. The first-order valence-corrected chi connectivity index (χ1v) is 11.6. The van der Waals surface area contributed by atoms with Gasteiger partial charge in [0, 0.05) is 37.9 Å². The number of piperidine rings is 1. The van der Waals surface area contributed by atoms with Crippen LogP contribution in [0.5, 0.6) is 0 Å². The standard InChI is InChI=1S/C24H29F3N4O3/c1-17-16-21(32)22(28-31(17)20-5-3-2-4-19(20)24(25,26)27)23(33)30-10-7-18(8-11-30)6-9-29-12-14-34-15-13-29/h2-5,16,18H,6-15H2,1H3. The number of halogens is 3. The molecule has 0 atom stereocenters. The first-order valence-electron chi connectivity index (χ1n) is 11.6. The summed E-state index contributed by atoms with van der Waals surface area (Å²) in [6, 6.07) is 6.16. The molecule has 34 heavy (non-hydrogen) atoms. The number of morpholine rings is 1. The van der Waals surface area contributed by atoms with E-state index in [1.54, 1.807) is 4.90 Å².